The predicted octanol–water partition coefficient (Wildman–Crippen LogP) is 3.41. The van der Waals surface area contributed by atoms with Crippen LogP contribution in [0.3, 0.4) is 0 Å². The summed E-state index contributed by atoms with van der Waals surface area (Å²) in [5.41, 5.74) is 0. The van der Waals surface area contributed by atoms with Gasteiger partial charge >= 0.3 is 0 Å². The molecular formula is C11H22O. The third-order valence-electron chi connectivity index (χ3n) is 1.51. The molecule has 0 spiro atoms. The summed E-state index contributed by atoms with van der Waals surface area (Å²) in [5, 5.41) is 0. The summed E-state index contributed by atoms with van der Waals surface area (Å²) in [4.78, 5) is 0. The maximum atomic E-state index is 5.44. The van der Waals surface area contributed by atoms with Gasteiger partial charge in [-0.15, -0.1) is 0 Å². The van der Waals surface area contributed by atoms with E-state index in [0.717, 1.165) is 32.5 Å². The Bertz CT molecular complexity index is 106. The molecule has 1 nitrogen and oxygen atoms in total. The first-order valence-corrected chi connectivity index (χ1v) is 5.00. The Labute approximate surface area is 76.8 Å². The molecular weight excluding hydrogens is 148 g/mol. The minimum Gasteiger partial charge on any atom is -0.381 e. The number of unbranched alkanes of at least 4 members (excludes halogenated alkanes) is 1. The van der Waals surface area contributed by atoms with E-state index in [1.54, 1.807) is 0 Å². The van der Waals surface area contributed by atoms with Crippen LogP contribution in [0.4, 0.5) is 0 Å². The van der Waals surface area contributed by atoms with Crippen LogP contribution in [0.25, 0.3) is 0 Å². The van der Waals surface area contributed by atoms with Crippen molar-refractivity contribution in [1.29, 1.82) is 0 Å². The molecule has 1 heteroatoms. The zero-order chi connectivity index (χ0) is 9.23. The van der Waals surface area contributed by atoms with Gasteiger partial charge in [0.05, 0.1) is 0 Å². The molecule has 0 aliphatic carbocycles. The number of hydrogen-bond donors (Lipinski definition) is 0. The van der Waals surface area contributed by atoms with Crippen molar-refractivity contribution in [2.45, 2.75) is 40.0 Å². The first-order chi connectivity index (χ1) is 5.77. The maximum absolute atomic E-state index is 5.44. The van der Waals surface area contributed by atoms with Gasteiger partial charge in [-0.1, -0.05) is 32.9 Å². The van der Waals surface area contributed by atoms with E-state index in [0.29, 0.717) is 5.92 Å². The van der Waals surface area contributed by atoms with Crippen molar-refractivity contribution in [3.63, 3.8) is 0 Å². The quantitative estimate of drug-likeness (QED) is 0.420. The smallest absolute Gasteiger partial charge is 0.0488 e. The summed E-state index contributed by atoms with van der Waals surface area (Å²) >= 11 is 0. The van der Waals surface area contributed by atoms with Gasteiger partial charge in [-0.2, -0.15) is 0 Å². The Morgan fingerprint density at radius 1 is 1.25 bits per heavy atom. The highest BCUT2D eigenvalue weighted by Gasteiger charge is 1.91. The van der Waals surface area contributed by atoms with E-state index < -0.39 is 0 Å². The zero-order valence-electron chi connectivity index (χ0n) is 8.68. The molecule has 0 unspecified atom stereocenters. The standard InChI is InChI=1S/C11H22O/c1-4-5-6-7-8-9-12-10-11(2)3/h5-6,11H,4,7-10H2,1-3H3/b6-5+. The molecule has 0 amide bonds. The average molecular weight is 170 g/mol. The Balaban J connectivity index is 2.96. The fraction of sp³-hybridized carbons (Fsp3) is 0.818. The lowest BCUT2D eigenvalue weighted by molar-refractivity contribution is 0.108. The van der Waals surface area contributed by atoms with E-state index in [-0.39, 0.29) is 0 Å². The molecule has 0 aliphatic rings. The van der Waals surface area contributed by atoms with Gasteiger partial charge in [0.1, 0.15) is 0 Å². The normalized spacial score (nSPS) is 11.7. The van der Waals surface area contributed by atoms with Gasteiger partial charge in [0.2, 0.25) is 0 Å². The Morgan fingerprint density at radius 2 is 2.00 bits per heavy atom. The lowest BCUT2D eigenvalue weighted by Gasteiger charge is -2.04. The van der Waals surface area contributed by atoms with Crippen LogP contribution in [0, 0.1) is 5.92 Å². The summed E-state index contributed by atoms with van der Waals surface area (Å²) in [7, 11) is 0. The first kappa shape index (κ1) is 11.7. The second-order valence-electron chi connectivity index (χ2n) is 3.49. The van der Waals surface area contributed by atoms with Crippen molar-refractivity contribution in [3.8, 4) is 0 Å². The minimum atomic E-state index is 0.663. The van der Waals surface area contributed by atoms with Crippen LogP contribution in [0.2, 0.25) is 0 Å². The van der Waals surface area contributed by atoms with Crippen molar-refractivity contribution in [2.75, 3.05) is 13.2 Å². The van der Waals surface area contributed by atoms with E-state index in [4.69, 9.17) is 4.74 Å². The van der Waals surface area contributed by atoms with E-state index in [1.807, 2.05) is 0 Å². The van der Waals surface area contributed by atoms with E-state index >= 15 is 0 Å². The third kappa shape index (κ3) is 9.70. The highest BCUT2D eigenvalue weighted by Crippen LogP contribution is 1.96. The van der Waals surface area contributed by atoms with Gasteiger partial charge in [-0.25, -0.2) is 0 Å². The SMILES string of the molecule is CC/C=C/CCCOCC(C)C. The molecule has 0 bridgehead atoms. The summed E-state index contributed by atoms with van der Waals surface area (Å²) in [6.45, 7) is 8.32. The van der Waals surface area contributed by atoms with E-state index in [2.05, 4.69) is 32.9 Å². The van der Waals surface area contributed by atoms with Gasteiger partial charge < -0.3 is 4.74 Å². The monoisotopic (exact) mass is 170 g/mol. The van der Waals surface area contributed by atoms with Gasteiger partial charge in [-0.05, 0) is 25.2 Å². The van der Waals surface area contributed by atoms with Crippen molar-refractivity contribution >= 4 is 0 Å². The summed E-state index contributed by atoms with van der Waals surface area (Å²) in [6.07, 6.45) is 7.91. The van der Waals surface area contributed by atoms with Crippen molar-refractivity contribution in [2.24, 2.45) is 5.92 Å². The Kier molecular flexibility index (Phi) is 8.57. The van der Waals surface area contributed by atoms with E-state index in [1.165, 1.54) is 0 Å². The van der Waals surface area contributed by atoms with Crippen LogP contribution < -0.4 is 0 Å². The Morgan fingerprint density at radius 3 is 2.58 bits per heavy atom. The summed E-state index contributed by atoms with van der Waals surface area (Å²) in [5.74, 6) is 0.663. The van der Waals surface area contributed by atoms with Gasteiger partial charge in [0, 0.05) is 13.2 Å². The summed E-state index contributed by atoms with van der Waals surface area (Å²) in [6, 6.07) is 0. The highest BCUT2D eigenvalue weighted by molar-refractivity contribution is 4.79. The molecule has 0 saturated carbocycles. The number of ether oxygens (including phenoxy) is 1. The molecule has 72 valence electrons. The van der Waals surface area contributed by atoms with E-state index in [9.17, 15) is 0 Å². The molecule has 0 aliphatic heterocycles. The number of rotatable bonds is 7. The topological polar surface area (TPSA) is 9.23 Å². The molecule has 0 radical (unpaired) electrons. The van der Waals surface area contributed by atoms with Crippen LogP contribution >= 0.6 is 0 Å². The van der Waals surface area contributed by atoms with Crippen molar-refractivity contribution in [3.05, 3.63) is 12.2 Å². The number of allylic oxidation sites excluding steroid dienone is 2. The minimum absolute atomic E-state index is 0.663. The fourth-order valence-electron chi connectivity index (χ4n) is 0.907. The fourth-order valence-corrected chi connectivity index (χ4v) is 0.907. The van der Waals surface area contributed by atoms with Crippen LogP contribution in [0.15, 0.2) is 12.2 Å². The molecule has 12 heavy (non-hydrogen) atoms. The molecule has 0 heterocycles. The molecule has 0 saturated heterocycles. The molecule has 0 aromatic carbocycles. The van der Waals surface area contributed by atoms with Crippen molar-refractivity contribution in [1.82, 2.24) is 0 Å². The molecule has 0 fully saturated rings. The zero-order valence-corrected chi connectivity index (χ0v) is 8.68. The van der Waals surface area contributed by atoms with Crippen molar-refractivity contribution < 1.29 is 4.74 Å². The highest BCUT2D eigenvalue weighted by atomic mass is 16.5. The lowest BCUT2D eigenvalue weighted by atomic mass is 10.2. The Hall–Kier alpha value is -0.300. The van der Waals surface area contributed by atoms with Crippen LogP contribution in [0.1, 0.15) is 40.0 Å². The third-order valence-corrected chi connectivity index (χ3v) is 1.51. The molecule has 0 rings (SSSR count). The predicted molar refractivity (Wildman–Crippen MR) is 54.3 cm³/mol. The second kappa shape index (κ2) is 8.79. The van der Waals surface area contributed by atoms with Gasteiger partial charge in [0.25, 0.3) is 0 Å². The second-order valence-corrected chi connectivity index (χ2v) is 3.49. The molecule has 0 aromatic rings. The van der Waals surface area contributed by atoms with Gasteiger partial charge in [0.15, 0.2) is 0 Å². The first-order valence-electron chi connectivity index (χ1n) is 5.00. The van der Waals surface area contributed by atoms with Crippen LogP contribution in [0.5, 0.6) is 0 Å². The molecule has 0 N–H and O–H groups in total. The number of hydrogen-bond acceptors (Lipinski definition) is 1. The lowest BCUT2D eigenvalue weighted by Crippen LogP contribution is -2.02. The molecule has 0 atom stereocenters. The van der Waals surface area contributed by atoms with Crippen LogP contribution in [-0.2, 0) is 4.74 Å². The largest absolute Gasteiger partial charge is 0.381 e. The maximum Gasteiger partial charge on any atom is 0.0488 e. The average Bonchev–Trinajstić information content (AvgIpc) is 2.02. The molecule has 0 aromatic heterocycles. The summed E-state index contributed by atoms with van der Waals surface area (Å²) < 4.78 is 5.44. The van der Waals surface area contributed by atoms with Gasteiger partial charge in [-0.3, -0.25) is 0 Å². The van der Waals surface area contributed by atoms with Crippen LogP contribution in [-0.4, -0.2) is 13.2 Å².